The molecule has 118 valence electrons. The highest BCUT2D eigenvalue weighted by Crippen LogP contribution is 2.15. The van der Waals surface area contributed by atoms with Gasteiger partial charge in [0.15, 0.2) is 11.6 Å². The molecule has 0 radical (unpaired) electrons. The van der Waals surface area contributed by atoms with Gasteiger partial charge in [-0.2, -0.15) is 10.2 Å². The zero-order valence-corrected chi connectivity index (χ0v) is 14.5. The molecule has 0 aromatic carbocycles. The number of aromatic nitrogens is 5. The first kappa shape index (κ1) is 15.4. The number of carbonyl (C=O) groups excluding carboxylic acids is 1. The van der Waals surface area contributed by atoms with Crippen LogP contribution in [0.3, 0.4) is 0 Å². The molecule has 3 aromatic heterocycles. The van der Waals surface area contributed by atoms with E-state index in [1.807, 2.05) is 19.9 Å². The number of pyridine rings is 1. The maximum atomic E-state index is 12.2. The van der Waals surface area contributed by atoms with Crippen molar-refractivity contribution >= 4 is 27.7 Å². The smallest absolute Gasteiger partial charge is 0.258 e. The minimum Gasteiger partial charge on any atom is -0.305 e. The van der Waals surface area contributed by atoms with Crippen LogP contribution in [0.1, 0.15) is 21.7 Å². The van der Waals surface area contributed by atoms with Gasteiger partial charge in [-0.15, -0.1) is 0 Å². The van der Waals surface area contributed by atoms with E-state index in [9.17, 15) is 4.79 Å². The number of hydrogen-bond donors (Lipinski definition) is 1. The summed E-state index contributed by atoms with van der Waals surface area (Å²) in [5.41, 5.74) is 2.37. The average Bonchev–Trinajstić information content (AvgIpc) is 3.01. The Balaban J connectivity index is 1.79. The monoisotopic (exact) mass is 374 g/mol. The molecule has 0 aliphatic rings. The maximum absolute atomic E-state index is 12.2. The molecule has 0 aliphatic carbocycles. The van der Waals surface area contributed by atoms with E-state index in [2.05, 4.69) is 36.4 Å². The first-order valence-corrected chi connectivity index (χ1v) is 7.74. The van der Waals surface area contributed by atoms with Crippen LogP contribution < -0.4 is 5.32 Å². The van der Waals surface area contributed by atoms with E-state index in [-0.39, 0.29) is 5.91 Å². The van der Waals surface area contributed by atoms with Gasteiger partial charge in [0.2, 0.25) is 0 Å². The summed E-state index contributed by atoms with van der Waals surface area (Å²) in [6.07, 6.45) is 1.53. The van der Waals surface area contributed by atoms with Crippen LogP contribution in [-0.2, 0) is 7.05 Å². The first-order chi connectivity index (χ1) is 10.9. The second kappa shape index (κ2) is 5.96. The zero-order valence-electron chi connectivity index (χ0n) is 12.9. The van der Waals surface area contributed by atoms with Crippen molar-refractivity contribution in [2.45, 2.75) is 13.8 Å². The molecule has 0 atom stereocenters. The molecule has 3 heterocycles. The lowest BCUT2D eigenvalue weighted by molar-refractivity contribution is 0.102. The fraction of sp³-hybridized carbons (Fsp3) is 0.200. The lowest BCUT2D eigenvalue weighted by Gasteiger charge is -2.05. The third-order valence-corrected chi connectivity index (χ3v) is 4.04. The summed E-state index contributed by atoms with van der Waals surface area (Å²) in [6, 6.07) is 7.19. The number of nitrogens with one attached hydrogen (secondary N) is 1. The summed E-state index contributed by atoms with van der Waals surface area (Å²) < 4.78 is 4.15. The fourth-order valence-electron chi connectivity index (χ4n) is 2.20. The van der Waals surface area contributed by atoms with Gasteiger partial charge >= 0.3 is 0 Å². The average molecular weight is 375 g/mol. The number of rotatable bonds is 3. The number of anilines is 1. The standard InChI is InChI=1S/C15H15BrN6O/c1-9-6-10(2)22(19-9)14-5-4-11(8-17-14)15(23)18-13-7-12(16)21(3)20-13/h4-8H,1-3H3,(H,18,20,23). The Kier molecular flexibility index (Phi) is 3.99. The highest BCUT2D eigenvalue weighted by Gasteiger charge is 2.11. The second-order valence-electron chi connectivity index (χ2n) is 5.17. The predicted molar refractivity (Wildman–Crippen MR) is 89.7 cm³/mol. The van der Waals surface area contributed by atoms with Crippen molar-refractivity contribution in [3.8, 4) is 5.82 Å². The fourth-order valence-corrected chi connectivity index (χ4v) is 2.50. The van der Waals surface area contributed by atoms with Gasteiger partial charge in [-0.05, 0) is 48.0 Å². The van der Waals surface area contributed by atoms with Crippen LogP contribution in [0.15, 0.2) is 35.1 Å². The van der Waals surface area contributed by atoms with Gasteiger partial charge in [-0.1, -0.05) is 0 Å². The van der Waals surface area contributed by atoms with Crippen molar-refractivity contribution in [3.05, 3.63) is 52.0 Å². The number of nitrogens with zero attached hydrogens (tertiary/aromatic N) is 5. The second-order valence-corrected chi connectivity index (χ2v) is 5.99. The summed E-state index contributed by atoms with van der Waals surface area (Å²) >= 11 is 3.33. The largest absolute Gasteiger partial charge is 0.305 e. The molecular formula is C15H15BrN6O. The minimum atomic E-state index is -0.261. The zero-order chi connectivity index (χ0) is 16.6. The van der Waals surface area contributed by atoms with Crippen LogP contribution in [0, 0.1) is 13.8 Å². The molecule has 23 heavy (non-hydrogen) atoms. The van der Waals surface area contributed by atoms with Gasteiger partial charge in [0, 0.05) is 25.0 Å². The highest BCUT2D eigenvalue weighted by atomic mass is 79.9. The highest BCUT2D eigenvalue weighted by molar-refractivity contribution is 9.10. The quantitative estimate of drug-likeness (QED) is 0.764. The molecule has 0 spiro atoms. The van der Waals surface area contributed by atoms with Crippen molar-refractivity contribution in [2.24, 2.45) is 7.05 Å². The van der Waals surface area contributed by atoms with Crippen LogP contribution in [0.25, 0.3) is 5.82 Å². The number of halogens is 1. The van der Waals surface area contributed by atoms with E-state index in [0.717, 1.165) is 16.0 Å². The van der Waals surface area contributed by atoms with Crippen LogP contribution >= 0.6 is 15.9 Å². The molecule has 0 saturated carbocycles. The van der Waals surface area contributed by atoms with E-state index < -0.39 is 0 Å². The summed E-state index contributed by atoms with van der Waals surface area (Å²) in [6.45, 7) is 3.89. The van der Waals surface area contributed by atoms with E-state index in [1.165, 1.54) is 6.20 Å². The van der Waals surface area contributed by atoms with Crippen molar-refractivity contribution < 1.29 is 4.79 Å². The van der Waals surface area contributed by atoms with Crippen molar-refractivity contribution in [1.82, 2.24) is 24.5 Å². The lowest BCUT2D eigenvalue weighted by atomic mass is 10.2. The first-order valence-electron chi connectivity index (χ1n) is 6.94. The Morgan fingerprint density at radius 1 is 1.22 bits per heavy atom. The third-order valence-electron chi connectivity index (χ3n) is 3.30. The van der Waals surface area contributed by atoms with Crippen LogP contribution in [-0.4, -0.2) is 30.5 Å². The lowest BCUT2D eigenvalue weighted by Crippen LogP contribution is -2.13. The number of hydrogen-bond acceptors (Lipinski definition) is 4. The summed E-state index contributed by atoms with van der Waals surface area (Å²) in [5.74, 6) is 0.891. The Hall–Kier alpha value is -2.48. The summed E-state index contributed by atoms with van der Waals surface area (Å²) in [4.78, 5) is 16.5. The molecule has 3 aromatic rings. The van der Waals surface area contributed by atoms with Gasteiger partial charge in [-0.25, -0.2) is 9.67 Å². The molecular weight excluding hydrogens is 360 g/mol. The van der Waals surface area contributed by atoms with Crippen LogP contribution in [0.4, 0.5) is 5.82 Å². The van der Waals surface area contributed by atoms with Gasteiger partial charge in [-0.3, -0.25) is 9.48 Å². The topological polar surface area (TPSA) is 77.6 Å². The molecule has 1 N–H and O–H groups in total. The molecule has 7 nitrogen and oxygen atoms in total. The molecule has 0 saturated heterocycles. The van der Waals surface area contributed by atoms with E-state index in [1.54, 1.807) is 34.6 Å². The molecule has 8 heteroatoms. The van der Waals surface area contributed by atoms with E-state index in [4.69, 9.17) is 0 Å². The van der Waals surface area contributed by atoms with Crippen LogP contribution in [0.2, 0.25) is 0 Å². The number of amides is 1. The molecule has 3 rings (SSSR count). The molecule has 0 aliphatic heterocycles. The van der Waals surface area contributed by atoms with Gasteiger partial charge in [0.05, 0.1) is 11.3 Å². The Labute approximate surface area is 141 Å². The molecule has 0 fully saturated rings. The van der Waals surface area contributed by atoms with Crippen molar-refractivity contribution in [3.63, 3.8) is 0 Å². The van der Waals surface area contributed by atoms with Crippen molar-refractivity contribution in [1.29, 1.82) is 0 Å². The van der Waals surface area contributed by atoms with Gasteiger partial charge in [0.25, 0.3) is 5.91 Å². The van der Waals surface area contributed by atoms with Crippen molar-refractivity contribution in [2.75, 3.05) is 5.32 Å². The van der Waals surface area contributed by atoms with Gasteiger partial charge in [0.1, 0.15) is 4.60 Å². The SMILES string of the molecule is Cc1cc(C)n(-c2ccc(C(=O)Nc3cc(Br)n(C)n3)cn2)n1. The third kappa shape index (κ3) is 3.16. The Morgan fingerprint density at radius 3 is 2.52 bits per heavy atom. The maximum Gasteiger partial charge on any atom is 0.258 e. The minimum absolute atomic E-state index is 0.261. The Morgan fingerprint density at radius 2 is 2.00 bits per heavy atom. The molecule has 1 amide bonds. The van der Waals surface area contributed by atoms with E-state index >= 15 is 0 Å². The van der Waals surface area contributed by atoms with Crippen LogP contribution in [0.5, 0.6) is 0 Å². The molecule has 0 bridgehead atoms. The normalized spacial score (nSPS) is 10.8. The molecule has 0 unspecified atom stereocenters. The summed E-state index contributed by atoms with van der Waals surface area (Å²) in [7, 11) is 1.78. The van der Waals surface area contributed by atoms with E-state index in [0.29, 0.717) is 17.2 Å². The predicted octanol–water partition coefficient (Wildman–Crippen LogP) is 2.63. The summed E-state index contributed by atoms with van der Waals surface area (Å²) in [5, 5.41) is 11.3. The Bertz CT molecular complexity index is 845. The number of aryl methyl sites for hydroxylation is 3. The van der Waals surface area contributed by atoms with Gasteiger partial charge < -0.3 is 5.32 Å². The number of carbonyl (C=O) groups is 1.